The van der Waals surface area contributed by atoms with Gasteiger partial charge < -0.3 is 5.73 Å². The van der Waals surface area contributed by atoms with Crippen molar-refractivity contribution in [3.8, 4) is 0 Å². The Kier molecular flexibility index (Phi) is 8.25. The molecule has 0 saturated carbocycles. The second kappa shape index (κ2) is 8.76. The average Bonchev–Trinajstić information content (AvgIpc) is 2.15. The summed E-state index contributed by atoms with van der Waals surface area (Å²) >= 11 is 0. The maximum atomic E-state index is 5.21. The fourth-order valence-corrected chi connectivity index (χ4v) is 1.20. The van der Waals surface area contributed by atoms with Crippen molar-refractivity contribution in [3.63, 3.8) is 0 Å². The molecule has 14 heavy (non-hydrogen) atoms. The smallest absolute Gasteiger partial charge is 0.00773 e. The van der Waals surface area contributed by atoms with Crippen LogP contribution in [0.1, 0.15) is 37.3 Å². The molecule has 2 N–H and O–H groups in total. The molecule has 0 amide bonds. The Hall–Kier alpha value is -0.820. The van der Waals surface area contributed by atoms with Crippen molar-refractivity contribution >= 4 is 0 Å². The van der Waals surface area contributed by atoms with E-state index in [1.807, 2.05) is 0 Å². The van der Waals surface area contributed by atoms with Gasteiger partial charge in [-0.1, -0.05) is 55.2 Å². The molecule has 0 spiro atoms. The summed E-state index contributed by atoms with van der Waals surface area (Å²) in [5.74, 6) is 0. The maximum Gasteiger partial charge on any atom is -0.00773 e. The van der Waals surface area contributed by atoms with Crippen LogP contribution >= 0.6 is 0 Å². The molecule has 0 aliphatic heterocycles. The molecule has 0 bridgehead atoms. The zero-order chi connectivity index (χ0) is 10.8. The molecule has 1 nitrogen and oxygen atoms in total. The number of nitrogens with two attached hydrogens (primary N) is 1. The van der Waals surface area contributed by atoms with Gasteiger partial charge >= 0.3 is 0 Å². The molecule has 0 radical (unpaired) electrons. The minimum Gasteiger partial charge on any atom is -0.330 e. The zero-order valence-corrected chi connectivity index (χ0v) is 9.72. The van der Waals surface area contributed by atoms with Crippen molar-refractivity contribution in [1.29, 1.82) is 0 Å². The molecule has 1 heteroatoms. The van der Waals surface area contributed by atoms with Crippen molar-refractivity contribution in [2.45, 2.75) is 40.0 Å². The third kappa shape index (κ3) is 7.81. The normalized spacial score (nSPS) is 9.14. The van der Waals surface area contributed by atoms with Gasteiger partial charge in [0.1, 0.15) is 0 Å². The Morgan fingerprint density at radius 3 is 1.86 bits per heavy atom. The summed E-state index contributed by atoms with van der Waals surface area (Å²) in [6, 6.07) is 8.45. The van der Waals surface area contributed by atoms with E-state index >= 15 is 0 Å². The van der Waals surface area contributed by atoms with Crippen molar-refractivity contribution in [2.24, 2.45) is 5.73 Å². The van der Waals surface area contributed by atoms with Crippen LogP contribution in [0.4, 0.5) is 0 Å². The van der Waals surface area contributed by atoms with Gasteiger partial charge in [0.15, 0.2) is 0 Å². The van der Waals surface area contributed by atoms with Crippen LogP contribution < -0.4 is 5.73 Å². The predicted octanol–water partition coefficient (Wildman–Crippen LogP) is 3.44. The maximum absolute atomic E-state index is 5.21. The molecule has 0 fully saturated rings. The van der Waals surface area contributed by atoms with E-state index in [-0.39, 0.29) is 0 Å². The molecule has 0 heterocycles. The third-order valence-electron chi connectivity index (χ3n) is 1.98. The van der Waals surface area contributed by atoms with Gasteiger partial charge in [-0.15, -0.1) is 0 Å². The number of hydrogen-bond acceptors (Lipinski definition) is 1. The quantitative estimate of drug-likeness (QED) is 0.731. The van der Waals surface area contributed by atoms with Crippen molar-refractivity contribution in [1.82, 2.24) is 0 Å². The zero-order valence-electron chi connectivity index (χ0n) is 9.72. The van der Waals surface area contributed by atoms with Gasteiger partial charge in [0.25, 0.3) is 0 Å². The first kappa shape index (κ1) is 13.2. The molecule has 0 aliphatic carbocycles. The Morgan fingerprint density at radius 1 is 1.07 bits per heavy atom. The fourth-order valence-electron chi connectivity index (χ4n) is 1.20. The molecular formula is C13H23N. The number of hydrogen-bond donors (Lipinski definition) is 1. The van der Waals surface area contributed by atoms with Gasteiger partial charge in [-0.2, -0.15) is 0 Å². The van der Waals surface area contributed by atoms with Gasteiger partial charge in [-0.3, -0.25) is 0 Å². The second-order valence-electron chi connectivity index (χ2n) is 3.65. The first-order chi connectivity index (χ1) is 6.70. The van der Waals surface area contributed by atoms with E-state index in [0.717, 1.165) is 6.54 Å². The predicted molar refractivity (Wildman–Crippen MR) is 64.5 cm³/mol. The third-order valence-corrected chi connectivity index (χ3v) is 1.98. The lowest BCUT2D eigenvalue weighted by Gasteiger charge is -1.90. The molecule has 0 aliphatic rings. The summed E-state index contributed by atoms with van der Waals surface area (Å²) < 4.78 is 0. The van der Waals surface area contributed by atoms with Crippen LogP contribution in [0.15, 0.2) is 24.3 Å². The van der Waals surface area contributed by atoms with Gasteiger partial charge in [0.2, 0.25) is 0 Å². The number of benzene rings is 1. The van der Waals surface area contributed by atoms with Gasteiger partial charge in [-0.05, 0) is 26.8 Å². The summed E-state index contributed by atoms with van der Waals surface area (Å²) in [6.07, 6.45) is 3.75. The van der Waals surface area contributed by atoms with Crippen LogP contribution in [-0.2, 0) is 0 Å². The minimum absolute atomic E-state index is 0.855. The Balaban J connectivity index is 0.000000255. The van der Waals surface area contributed by atoms with Crippen molar-refractivity contribution < 1.29 is 0 Å². The Labute approximate surface area is 88.3 Å². The number of aryl methyl sites for hydroxylation is 2. The van der Waals surface area contributed by atoms with Crippen molar-refractivity contribution in [2.75, 3.05) is 6.54 Å². The standard InChI is InChI=1S/C8H10.C5H13N/c1-7-4-3-5-8(2)6-7;1-2-3-4-5-6/h3-6H,1-2H3;2-6H2,1H3. The fraction of sp³-hybridized carbons (Fsp3) is 0.538. The molecule has 1 rings (SSSR count). The molecule has 1 aromatic carbocycles. The number of rotatable bonds is 3. The summed E-state index contributed by atoms with van der Waals surface area (Å²) in [7, 11) is 0. The molecule has 1 aromatic rings. The lowest BCUT2D eigenvalue weighted by molar-refractivity contribution is 0.727. The molecular weight excluding hydrogens is 170 g/mol. The topological polar surface area (TPSA) is 26.0 Å². The lowest BCUT2D eigenvalue weighted by atomic mass is 10.2. The molecule has 0 unspecified atom stereocenters. The highest BCUT2D eigenvalue weighted by atomic mass is 14.5. The average molecular weight is 193 g/mol. The largest absolute Gasteiger partial charge is 0.330 e. The van der Waals surface area contributed by atoms with E-state index < -0.39 is 0 Å². The summed E-state index contributed by atoms with van der Waals surface area (Å²) in [6.45, 7) is 7.24. The minimum atomic E-state index is 0.855. The van der Waals surface area contributed by atoms with E-state index in [4.69, 9.17) is 5.73 Å². The number of unbranched alkanes of at least 4 members (excludes halogenated alkanes) is 2. The van der Waals surface area contributed by atoms with Crippen LogP contribution in [0.25, 0.3) is 0 Å². The Bertz CT molecular complexity index is 209. The van der Waals surface area contributed by atoms with Gasteiger partial charge in [0.05, 0.1) is 0 Å². The summed E-state index contributed by atoms with van der Waals surface area (Å²) in [5, 5.41) is 0. The van der Waals surface area contributed by atoms with E-state index in [9.17, 15) is 0 Å². The summed E-state index contributed by atoms with van der Waals surface area (Å²) in [5.41, 5.74) is 7.89. The van der Waals surface area contributed by atoms with Crippen molar-refractivity contribution in [3.05, 3.63) is 35.4 Å². The van der Waals surface area contributed by atoms with Crippen LogP contribution in [0.2, 0.25) is 0 Å². The highest BCUT2D eigenvalue weighted by Crippen LogP contribution is 2.00. The molecule has 80 valence electrons. The molecule has 0 aromatic heterocycles. The summed E-state index contributed by atoms with van der Waals surface area (Å²) in [4.78, 5) is 0. The SMILES string of the molecule is CCCCCN.Cc1cccc(C)c1. The second-order valence-corrected chi connectivity index (χ2v) is 3.65. The van der Waals surface area contributed by atoms with Gasteiger partial charge in [0, 0.05) is 0 Å². The van der Waals surface area contributed by atoms with Crippen LogP contribution in [0, 0.1) is 13.8 Å². The van der Waals surface area contributed by atoms with Crippen LogP contribution in [-0.4, -0.2) is 6.54 Å². The van der Waals surface area contributed by atoms with E-state index in [1.54, 1.807) is 0 Å². The van der Waals surface area contributed by atoms with Crippen LogP contribution in [0.5, 0.6) is 0 Å². The first-order valence-corrected chi connectivity index (χ1v) is 5.44. The van der Waals surface area contributed by atoms with Crippen LogP contribution in [0.3, 0.4) is 0 Å². The molecule has 0 saturated heterocycles. The van der Waals surface area contributed by atoms with Gasteiger partial charge in [-0.25, -0.2) is 0 Å². The monoisotopic (exact) mass is 193 g/mol. The van der Waals surface area contributed by atoms with E-state index in [1.165, 1.54) is 30.4 Å². The highest BCUT2D eigenvalue weighted by Gasteiger charge is 1.80. The Morgan fingerprint density at radius 2 is 1.64 bits per heavy atom. The van der Waals surface area contributed by atoms with E-state index in [0.29, 0.717) is 0 Å². The first-order valence-electron chi connectivity index (χ1n) is 5.44. The van der Waals surface area contributed by atoms with E-state index in [2.05, 4.69) is 45.0 Å². The highest BCUT2D eigenvalue weighted by molar-refractivity contribution is 5.20. The lowest BCUT2D eigenvalue weighted by Crippen LogP contribution is -1.96. The molecule has 0 atom stereocenters.